The smallest absolute Gasteiger partial charge is 0.210 e. The second kappa shape index (κ2) is 8.67. The Labute approximate surface area is 198 Å². The Hall–Kier alpha value is -3.13. The maximum atomic E-state index is 6.73. The number of hydrogen-bond donors (Lipinski definition) is 4. The number of hydrogen-bond acceptors (Lipinski definition) is 6. The van der Waals surface area contributed by atoms with Crippen molar-refractivity contribution in [3.8, 4) is 0 Å². The van der Waals surface area contributed by atoms with Crippen LogP contribution in [-0.2, 0) is 18.8 Å². The molecule has 8 heteroatoms. The van der Waals surface area contributed by atoms with Gasteiger partial charge < -0.3 is 16.0 Å². The molecule has 0 bridgehead atoms. The third-order valence-corrected chi connectivity index (χ3v) is 6.29. The van der Waals surface area contributed by atoms with Crippen LogP contribution in [0, 0.1) is 0 Å². The monoisotopic (exact) mass is 461 g/mol. The molecule has 1 atom stereocenters. The molecule has 0 fully saturated rings. The number of halogens is 1. The Balaban J connectivity index is 1.54. The van der Waals surface area contributed by atoms with E-state index < -0.39 is 5.79 Å². The van der Waals surface area contributed by atoms with E-state index >= 15 is 0 Å². The zero-order valence-electron chi connectivity index (χ0n) is 18.8. The normalized spacial score (nSPS) is 20.0. The number of benzene rings is 2. The van der Waals surface area contributed by atoms with Crippen LogP contribution in [0.2, 0.25) is 5.02 Å². The van der Waals surface area contributed by atoms with E-state index in [4.69, 9.17) is 17.3 Å². The van der Waals surface area contributed by atoms with E-state index in [9.17, 15) is 0 Å². The summed E-state index contributed by atoms with van der Waals surface area (Å²) in [4.78, 5) is 4.68. The highest BCUT2D eigenvalue weighted by molar-refractivity contribution is 6.30. The van der Waals surface area contributed by atoms with Gasteiger partial charge in [0.15, 0.2) is 0 Å². The molecular formula is C25H28ClN7. The quantitative estimate of drug-likeness (QED) is 0.461. The largest absolute Gasteiger partial charge is 0.341 e. The Morgan fingerprint density at radius 2 is 2.06 bits per heavy atom. The second-order valence-corrected chi connectivity index (χ2v) is 9.22. The van der Waals surface area contributed by atoms with Crippen LogP contribution in [0.25, 0.3) is 5.57 Å². The summed E-state index contributed by atoms with van der Waals surface area (Å²) in [6, 6.07) is 14.2. The number of anilines is 1. The molecule has 2 aliphatic heterocycles. The number of fused-ring (bicyclic) bond motifs is 1. The standard InChI is InChI=1S/C25H28ClN7/c1-16(2)33-15-19(13-30-33)23-14-29-25(27,20-4-3-5-21(26)11-20)32-24(23)31-22-7-6-17-8-9-28-12-18(17)10-22/h3-7,10-11,13-16,28,31-32H,8-9,12,27H2,1-2H3. The van der Waals surface area contributed by atoms with E-state index in [-0.39, 0.29) is 6.04 Å². The minimum atomic E-state index is -1.15. The Kier molecular flexibility index (Phi) is 5.70. The van der Waals surface area contributed by atoms with Gasteiger partial charge in [-0.1, -0.05) is 29.8 Å². The average molecular weight is 462 g/mol. The van der Waals surface area contributed by atoms with Gasteiger partial charge in [0.2, 0.25) is 5.79 Å². The maximum Gasteiger partial charge on any atom is 0.210 e. The first kappa shape index (κ1) is 21.7. The van der Waals surface area contributed by atoms with E-state index in [2.05, 4.69) is 58.1 Å². The van der Waals surface area contributed by atoms with Gasteiger partial charge >= 0.3 is 0 Å². The highest BCUT2D eigenvalue weighted by atomic mass is 35.5. The van der Waals surface area contributed by atoms with Crippen molar-refractivity contribution in [1.29, 1.82) is 0 Å². The van der Waals surface area contributed by atoms with Crippen molar-refractivity contribution in [2.45, 2.75) is 38.6 Å². The third kappa shape index (κ3) is 4.39. The summed E-state index contributed by atoms with van der Waals surface area (Å²) in [5.41, 5.74) is 13.0. The van der Waals surface area contributed by atoms with Gasteiger partial charge in [0.05, 0.1) is 6.20 Å². The molecule has 170 valence electrons. The van der Waals surface area contributed by atoms with Crippen LogP contribution in [0.15, 0.2) is 65.7 Å². The number of nitrogens with one attached hydrogen (secondary N) is 3. The molecule has 0 amide bonds. The molecule has 0 saturated carbocycles. The molecule has 0 aliphatic carbocycles. The predicted molar refractivity (Wildman–Crippen MR) is 134 cm³/mol. The lowest BCUT2D eigenvalue weighted by Gasteiger charge is -2.34. The minimum absolute atomic E-state index is 0.262. The van der Waals surface area contributed by atoms with Crippen molar-refractivity contribution in [3.05, 3.63) is 88.0 Å². The molecule has 33 heavy (non-hydrogen) atoms. The van der Waals surface area contributed by atoms with Gasteiger partial charge in [0.1, 0.15) is 5.82 Å². The summed E-state index contributed by atoms with van der Waals surface area (Å²) in [6.07, 6.45) is 6.73. The average Bonchev–Trinajstić information content (AvgIpc) is 3.30. The lowest BCUT2D eigenvalue weighted by Crippen LogP contribution is -2.51. The number of aromatic nitrogens is 2. The molecule has 2 aliphatic rings. The van der Waals surface area contributed by atoms with Crippen LogP contribution in [0.1, 0.15) is 42.1 Å². The van der Waals surface area contributed by atoms with Crippen molar-refractivity contribution < 1.29 is 0 Å². The lowest BCUT2D eigenvalue weighted by molar-refractivity contribution is 0.400. The summed E-state index contributed by atoms with van der Waals surface area (Å²) >= 11 is 6.24. The molecule has 0 radical (unpaired) electrons. The van der Waals surface area contributed by atoms with Gasteiger partial charge in [-0.25, -0.2) is 4.99 Å². The minimum Gasteiger partial charge on any atom is -0.341 e. The highest BCUT2D eigenvalue weighted by Gasteiger charge is 2.32. The first-order valence-corrected chi connectivity index (χ1v) is 11.6. The topological polar surface area (TPSA) is 92.3 Å². The van der Waals surface area contributed by atoms with Crippen molar-refractivity contribution in [1.82, 2.24) is 20.4 Å². The van der Waals surface area contributed by atoms with Crippen LogP contribution in [-0.4, -0.2) is 22.5 Å². The number of nitrogens with zero attached hydrogens (tertiary/aromatic N) is 3. The number of allylic oxidation sites excluding steroid dienone is 1. The number of nitrogens with two attached hydrogens (primary N) is 1. The van der Waals surface area contributed by atoms with Crippen molar-refractivity contribution in [2.75, 3.05) is 11.9 Å². The fourth-order valence-corrected chi connectivity index (χ4v) is 4.36. The van der Waals surface area contributed by atoms with Gasteiger partial charge in [-0.15, -0.1) is 0 Å². The predicted octanol–water partition coefficient (Wildman–Crippen LogP) is 3.99. The summed E-state index contributed by atoms with van der Waals surface area (Å²) < 4.78 is 1.93. The maximum absolute atomic E-state index is 6.73. The van der Waals surface area contributed by atoms with Crippen LogP contribution >= 0.6 is 11.6 Å². The summed E-state index contributed by atoms with van der Waals surface area (Å²) in [5, 5.41) is 15.5. The van der Waals surface area contributed by atoms with Crippen molar-refractivity contribution in [3.63, 3.8) is 0 Å². The first-order chi connectivity index (χ1) is 15.9. The SMILES string of the molecule is CC(C)n1cc(C2=C(Nc3ccc4c(c3)CNCC4)NC(N)(c3cccc(Cl)c3)N=C2)cn1. The van der Waals surface area contributed by atoms with Gasteiger partial charge in [-0.3, -0.25) is 10.4 Å². The van der Waals surface area contributed by atoms with Crippen LogP contribution < -0.4 is 21.7 Å². The van der Waals surface area contributed by atoms with Gasteiger partial charge in [-0.2, -0.15) is 5.10 Å². The Morgan fingerprint density at radius 3 is 2.85 bits per heavy atom. The summed E-state index contributed by atoms with van der Waals surface area (Å²) in [5.74, 6) is -0.389. The van der Waals surface area contributed by atoms with E-state index in [0.29, 0.717) is 5.02 Å². The van der Waals surface area contributed by atoms with Gasteiger partial charge in [-0.05, 0) is 62.2 Å². The van der Waals surface area contributed by atoms with Gasteiger partial charge in [0.25, 0.3) is 0 Å². The number of aliphatic imine (C=N–C) groups is 1. The second-order valence-electron chi connectivity index (χ2n) is 8.79. The van der Waals surface area contributed by atoms with E-state index in [0.717, 1.165) is 47.7 Å². The molecule has 7 nitrogen and oxygen atoms in total. The van der Waals surface area contributed by atoms with Crippen LogP contribution in [0.4, 0.5) is 5.69 Å². The summed E-state index contributed by atoms with van der Waals surface area (Å²) in [6.45, 7) is 6.09. The van der Waals surface area contributed by atoms with E-state index in [1.165, 1.54) is 11.1 Å². The van der Waals surface area contributed by atoms with Crippen molar-refractivity contribution >= 4 is 29.1 Å². The molecule has 5 N–H and O–H groups in total. The summed E-state index contributed by atoms with van der Waals surface area (Å²) in [7, 11) is 0. The fraction of sp³-hybridized carbons (Fsp3) is 0.280. The molecule has 3 heterocycles. The molecule has 3 aromatic rings. The van der Waals surface area contributed by atoms with Crippen LogP contribution in [0.3, 0.4) is 0 Å². The Morgan fingerprint density at radius 1 is 1.18 bits per heavy atom. The number of rotatable bonds is 5. The lowest BCUT2D eigenvalue weighted by atomic mass is 10.00. The molecular weight excluding hydrogens is 434 g/mol. The zero-order valence-corrected chi connectivity index (χ0v) is 19.5. The third-order valence-electron chi connectivity index (χ3n) is 6.05. The van der Waals surface area contributed by atoms with E-state index in [1.807, 2.05) is 41.3 Å². The Bertz CT molecular complexity index is 1240. The zero-order chi connectivity index (χ0) is 23.0. The van der Waals surface area contributed by atoms with Crippen LogP contribution in [0.5, 0.6) is 0 Å². The molecule has 1 aromatic heterocycles. The molecule has 5 rings (SSSR count). The van der Waals surface area contributed by atoms with Gasteiger partial charge in [0, 0.05) is 52.4 Å². The fourth-order valence-electron chi connectivity index (χ4n) is 4.17. The first-order valence-electron chi connectivity index (χ1n) is 11.2. The van der Waals surface area contributed by atoms with Crippen molar-refractivity contribution in [2.24, 2.45) is 10.7 Å². The highest BCUT2D eigenvalue weighted by Crippen LogP contribution is 2.30. The molecule has 0 saturated heterocycles. The molecule has 1 unspecified atom stereocenters. The molecule has 2 aromatic carbocycles. The molecule has 0 spiro atoms. The van der Waals surface area contributed by atoms with E-state index in [1.54, 1.807) is 6.21 Å².